The van der Waals surface area contributed by atoms with Crippen LogP contribution in [0, 0.1) is 18.8 Å². The van der Waals surface area contributed by atoms with Crippen LogP contribution in [0.25, 0.3) is 0 Å². The number of carbonyl (C=O) groups is 1. The Labute approximate surface area is 138 Å². The summed E-state index contributed by atoms with van der Waals surface area (Å²) in [5.41, 5.74) is 2.35. The van der Waals surface area contributed by atoms with E-state index in [1.807, 2.05) is 17.9 Å². The Hall–Kier alpha value is -1.56. The van der Waals surface area contributed by atoms with E-state index in [1.165, 1.54) is 5.56 Å². The summed E-state index contributed by atoms with van der Waals surface area (Å²) in [4.78, 5) is 14.4. The van der Waals surface area contributed by atoms with Gasteiger partial charge in [0.25, 0.3) is 0 Å². The van der Waals surface area contributed by atoms with Crippen LogP contribution in [-0.2, 0) is 9.84 Å². The van der Waals surface area contributed by atoms with Crippen LogP contribution in [0.3, 0.4) is 0 Å². The number of carbonyl (C=O) groups excluding carboxylic acids is 1. The SMILES string of the molecule is Cc1cccc(C2C(C)CN2C(=O)NC(C)C2CS(=O)(=O)C2)c1. The van der Waals surface area contributed by atoms with Crippen LogP contribution in [-0.4, -0.2) is 43.4 Å². The third-order valence-corrected chi connectivity index (χ3v) is 6.87. The van der Waals surface area contributed by atoms with E-state index in [0.717, 1.165) is 12.1 Å². The molecule has 2 aliphatic heterocycles. The highest BCUT2D eigenvalue weighted by molar-refractivity contribution is 7.92. The van der Waals surface area contributed by atoms with Crippen LogP contribution in [0.15, 0.2) is 24.3 Å². The number of benzene rings is 1. The maximum Gasteiger partial charge on any atom is 0.318 e. The molecule has 0 radical (unpaired) electrons. The molecule has 2 heterocycles. The minimum absolute atomic E-state index is 0.0417. The van der Waals surface area contributed by atoms with Crippen LogP contribution in [0.4, 0.5) is 4.79 Å². The van der Waals surface area contributed by atoms with E-state index in [9.17, 15) is 13.2 Å². The van der Waals surface area contributed by atoms with Crippen molar-refractivity contribution in [1.82, 2.24) is 10.2 Å². The maximum atomic E-state index is 12.5. The number of hydrogen-bond donors (Lipinski definition) is 1. The van der Waals surface area contributed by atoms with Gasteiger partial charge in [-0.25, -0.2) is 13.2 Å². The molecule has 3 atom stereocenters. The van der Waals surface area contributed by atoms with E-state index in [0.29, 0.717) is 5.92 Å². The van der Waals surface area contributed by atoms with Crippen molar-refractivity contribution in [3.05, 3.63) is 35.4 Å². The quantitative estimate of drug-likeness (QED) is 0.919. The molecular formula is C17H24N2O3S. The fourth-order valence-corrected chi connectivity index (χ4v) is 5.34. The van der Waals surface area contributed by atoms with Crippen molar-refractivity contribution in [2.45, 2.75) is 32.9 Å². The summed E-state index contributed by atoms with van der Waals surface area (Å²) in [6.45, 7) is 6.83. The number of hydrogen-bond acceptors (Lipinski definition) is 3. The van der Waals surface area contributed by atoms with Gasteiger partial charge in [-0.2, -0.15) is 0 Å². The van der Waals surface area contributed by atoms with E-state index in [2.05, 4.69) is 37.4 Å². The van der Waals surface area contributed by atoms with Crippen LogP contribution in [0.2, 0.25) is 0 Å². The number of nitrogens with one attached hydrogen (secondary N) is 1. The lowest BCUT2D eigenvalue weighted by molar-refractivity contribution is 0.0569. The highest BCUT2D eigenvalue weighted by atomic mass is 32.2. The number of nitrogens with zero attached hydrogens (tertiary/aromatic N) is 1. The van der Waals surface area contributed by atoms with Gasteiger partial charge in [-0.15, -0.1) is 0 Å². The molecule has 0 saturated carbocycles. The maximum absolute atomic E-state index is 12.5. The molecule has 5 nitrogen and oxygen atoms in total. The smallest absolute Gasteiger partial charge is 0.318 e. The summed E-state index contributed by atoms with van der Waals surface area (Å²) in [5, 5.41) is 2.98. The molecule has 0 aromatic heterocycles. The second-order valence-corrected chi connectivity index (χ2v) is 9.22. The second kappa shape index (κ2) is 5.82. The average molecular weight is 336 g/mol. The molecule has 3 unspecified atom stereocenters. The third-order valence-electron chi connectivity index (χ3n) is 5.00. The first-order valence-electron chi connectivity index (χ1n) is 8.11. The molecule has 6 heteroatoms. The zero-order chi connectivity index (χ0) is 16.8. The van der Waals surface area contributed by atoms with Crippen molar-refractivity contribution in [2.24, 2.45) is 11.8 Å². The standard InChI is InChI=1S/C17H24N2O3S/c1-11-5-4-6-14(7-11)16-12(2)8-19(16)17(20)18-13(3)15-9-23(21,22)10-15/h4-7,12-13,15-16H,8-10H2,1-3H3,(H,18,20). The molecule has 23 heavy (non-hydrogen) atoms. The lowest BCUT2D eigenvalue weighted by Crippen LogP contribution is -2.58. The molecular weight excluding hydrogens is 312 g/mol. The van der Waals surface area contributed by atoms with E-state index in [4.69, 9.17) is 0 Å². The fourth-order valence-electron chi connectivity index (χ4n) is 3.55. The molecule has 2 aliphatic rings. The monoisotopic (exact) mass is 336 g/mol. The van der Waals surface area contributed by atoms with Gasteiger partial charge in [-0.05, 0) is 25.3 Å². The van der Waals surface area contributed by atoms with Crippen molar-refractivity contribution < 1.29 is 13.2 Å². The minimum Gasteiger partial charge on any atom is -0.335 e. The zero-order valence-electron chi connectivity index (χ0n) is 13.8. The Balaban J connectivity index is 1.63. The summed E-state index contributed by atoms with van der Waals surface area (Å²) in [6.07, 6.45) is 0. The van der Waals surface area contributed by atoms with Gasteiger partial charge >= 0.3 is 6.03 Å². The van der Waals surface area contributed by atoms with Gasteiger partial charge in [0.1, 0.15) is 0 Å². The Kier molecular flexibility index (Phi) is 4.12. The molecule has 1 aromatic carbocycles. The molecule has 2 fully saturated rings. The molecule has 2 saturated heterocycles. The summed E-state index contributed by atoms with van der Waals surface area (Å²) in [5.74, 6) is 0.847. The summed E-state index contributed by atoms with van der Waals surface area (Å²) in [7, 11) is -2.86. The van der Waals surface area contributed by atoms with Gasteiger partial charge in [0.05, 0.1) is 17.5 Å². The first-order chi connectivity index (χ1) is 10.8. The molecule has 2 amide bonds. The fraction of sp³-hybridized carbons (Fsp3) is 0.588. The predicted molar refractivity (Wildman–Crippen MR) is 89.9 cm³/mol. The molecule has 0 bridgehead atoms. The Morgan fingerprint density at radius 3 is 2.61 bits per heavy atom. The number of aryl methyl sites for hydroxylation is 1. The van der Waals surface area contributed by atoms with E-state index < -0.39 is 9.84 Å². The minimum atomic E-state index is -2.86. The number of rotatable bonds is 3. The highest BCUT2D eigenvalue weighted by Gasteiger charge is 2.42. The van der Waals surface area contributed by atoms with Crippen molar-refractivity contribution in [2.75, 3.05) is 18.1 Å². The average Bonchev–Trinajstić information content (AvgIpc) is 2.41. The molecule has 0 spiro atoms. The second-order valence-electron chi connectivity index (χ2n) is 7.06. The Morgan fingerprint density at radius 2 is 2.04 bits per heavy atom. The molecule has 0 aliphatic carbocycles. The number of urea groups is 1. The van der Waals surface area contributed by atoms with Gasteiger partial charge in [-0.1, -0.05) is 36.8 Å². The van der Waals surface area contributed by atoms with Gasteiger partial charge in [0.15, 0.2) is 9.84 Å². The topological polar surface area (TPSA) is 66.5 Å². The largest absolute Gasteiger partial charge is 0.335 e. The summed E-state index contributed by atoms with van der Waals surface area (Å²) in [6, 6.07) is 8.17. The van der Waals surface area contributed by atoms with Gasteiger partial charge in [0.2, 0.25) is 0 Å². The van der Waals surface area contributed by atoms with Gasteiger partial charge in [-0.3, -0.25) is 0 Å². The van der Waals surface area contributed by atoms with Crippen LogP contribution < -0.4 is 5.32 Å². The molecule has 1 N–H and O–H groups in total. The number of amides is 2. The predicted octanol–water partition coefficient (Wildman–Crippen LogP) is 2.13. The van der Waals surface area contributed by atoms with Crippen LogP contribution >= 0.6 is 0 Å². The third kappa shape index (κ3) is 3.22. The lowest BCUT2D eigenvalue weighted by Gasteiger charge is -2.47. The Bertz CT molecular complexity index is 704. The van der Waals surface area contributed by atoms with Crippen molar-refractivity contribution in [1.29, 1.82) is 0 Å². The van der Waals surface area contributed by atoms with E-state index in [-0.39, 0.29) is 35.5 Å². The lowest BCUT2D eigenvalue weighted by atomic mass is 9.84. The van der Waals surface area contributed by atoms with Gasteiger partial charge < -0.3 is 10.2 Å². The molecule has 3 rings (SSSR count). The van der Waals surface area contributed by atoms with E-state index in [1.54, 1.807) is 0 Å². The van der Waals surface area contributed by atoms with Crippen LogP contribution in [0.1, 0.15) is 31.0 Å². The number of likely N-dealkylation sites (tertiary alicyclic amines) is 1. The highest BCUT2D eigenvalue weighted by Crippen LogP contribution is 2.38. The first-order valence-corrected chi connectivity index (χ1v) is 9.93. The van der Waals surface area contributed by atoms with Crippen LogP contribution in [0.5, 0.6) is 0 Å². The van der Waals surface area contributed by atoms with E-state index >= 15 is 0 Å². The normalized spacial score (nSPS) is 27.7. The summed E-state index contributed by atoms with van der Waals surface area (Å²) < 4.78 is 22.6. The van der Waals surface area contributed by atoms with Crippen molar-refractivity contribution in [3.63, 3.8) is 0 Å². The molecule has 1 aromatic rings. The molecule has 126 valence electrons. The number of sulfone groups is 1. The summed E-state index contributed by atoms with van der Waals surface area (Å²) >= 11 is 0. The van der Waals surface area contributed by atoms with Gasteiger partial charge in [0, 0.05) is 18.5 Å². The Morgan fingerprint density at radius 1 is 1.35 bits per heavy atom. The first kappa shape index (κ1) is 16.3. The van der Waals surface area contributed by atoms with Crippen molar-refractivity contribution in [3.8, 4) is 0 Å². The van der Waals surface area contributed by atoms with Crippen molar-refractivity contribution >= 4 is 15.9 Å². The zero-order valence-corrected chi connectivity index (χ0v) is 14.6.